The Kier molecular flexibility index (Phi) is 5.82. The predicted octanol–water partition coefficient (Wildman–Crippen LogP) is 1.37. The van der Waals surface area contributed by atoms with E-state index in [1.54, 1.807) is 21.0 Å². The highest BCUT2D eigenvalue weighted by Crippen LogP contribution is 2.63. The summed E-state index contributed by atoms with van der Waals surface area (Å²) < 4.78 is 0. The Morgan fingerprint density at radius 1 is 1.14 bits per heavy atom. The number of phenols is 1. The largest absolute Gasteiger partial charge is 0.508 e. The lowest BCUT2D eigenvalue weighted by Crippen LogP contribution is -2.72. The fourth-order valence-electron chi connectivity index (χ4n) is 7.09. The van der Waals surface area contributed by atoms with Crippen LogP contribution in [0.4, 0.5) is 5.69 Å². The van der Waals surface area contributed by atoms with Crippen molar-refractivity contribution in [2.75, 3.05) is 33.1 Å². The van der Waals surface area contributed by atoms with Gasteiger partial charge in [-0.2, -0.15) is 0 Å². The second-order valence-corrected chi connectivity index (χ2v) is 11.4. The van der Waals surface area contributed by atoms with Crippen LogP contribution in [0.5, 0.6) is 5.75 Å². The molecule has 0 aromatic heterocycles. The molecule has 4 atom stereocenters. The SMILES string of the molecule is CCc1cc(N(C)C)c2c(c1O)C(O)=C1C(=O)[C@]3(O)C(O)=C(C(N)=O)C(=O)[C@@H](N(C)C)[C@]3(C)C[C@]1(C)C2. The second-order valence-electron chi connectivity index (χ2n) is 11.4. The van der Waals surface area contributed by atoms with Gasteiger partial charge in [0.2, 0.25) is 5.78 Å². The average molecular weight is 514 g/mol. The van der Waals surface area contributed by atoms with Crippen LogP contribution in [0, 0.1) is 10.8 Å². The standard InChI is InChI=1S/C27H35N3O7/c1-8-12-9-14(29(4)5)13-10-25(2)11-26(3)21(30(6)7)20(33)16(24(28)36)22(34)27(26,37)23(35)17(25)19(32)15(13)18(12)31/h9,21,31-32,34,37H,8,10-11H2,1-7H3,(H2,28,36)/t21-,25+,26+,27-/m1/s1. The highest BCUT2D eigenvalue weighted by atomic mass is 16.3. The summed E-state index contributed by atoms with van der Waals surface area (Å²) in [5, 5.41) is 45.8. The highest BCUT2D eigenvalue weighted by Gasteiger charge is 2.72. The number of aryl methyl sites for hydroxylation is 1. The lowest BCUT2D eigenvalue weighted by atomic mass is 9.46. The van der Waals surface area contributed by atoms with Crippen molar-refractivity contribution in [3.05, 3.63) is 39.7 Å². The number of hydrogen-bond acceptors (Lipinski definition) is 9. The second kappa shape index (κ2) is 8.06. The first kappa shape index (κ1) is 26.7. The molecule has 0 saturated heterocycles. The van der Waals surface area contributed by atoms with Crippen molar-refractivity contribution in [2.24, 2.45) is 16.6 Å². The molecular weight excluding hydrogens is 478 g/mol. The molecule has 0 spiro atoms. The topological polar surface area (TPSA) is 165 Å². The number of benzene rings is 1. The summed E-state index contributed by atoms with van der Waals surface area (Å²) in [6.07, 6.45) is 0.675. The van der Waals surface area contributed by atoms with Gasteiger partial charge in [-0.05, 0) is 50.6 Å². The third-order valence-electron chi connectivity index (χ3n) is 8.55. The zero-order valence-electron chi connectivity index (χ0n) is 22.3. The molecule has 0 aliphatic heterocycles. The van der Waals surface area contributed by atoms with Gasteiger partial charge in [0.05, 0.1) is 11.6 Å². The van der Waals surface area contributed by atoms with Crippen molar-refractivity contribution in [3.8, 4) is 5.75 Å². The number of hydrogen-bond donors (Lipinski definition) is 5. The minimum Gasteiger partial charge on any atom is -0.508 e. The van der Waals surface area contributed by atoms with Gasteiger partial charge in [0.25, 0.3) is 5.91 Å². The molecular formula is C27H35N3O7. The van der Waals surface area contributed by atoms with Gasteiger partial charge in [-0.3, -0.25) is 19.3 Å². The lowest BCUT2D eigenvalue weighted by Gasteiger charge is -2.59. The van der Waals surface area contributed by atoms with Gasteiger partial charge in [-0.15, -0.1) is 0 Å². The predicted molar refractivity (Wildman–Crippen MR) is 137 cm³/mol. The smallest absolute Gasteiger partial charge is 0.255 e. The van der Waals surface area contributed by atoms with Gasteiger partial charge in [0, 0.05) is 36.2 Å². The number of aliphatic hydroxyl groups is 3. The number of carbonyl (C=O) groups is 3. The van der Waals surface area contributed by atoms with Gasteiger partial charge in [0.1, 0.15) is 22.8 Å². The van der Waals surface area contributed by atoms with E-state index in [2.05, 4.69) is 0 Å². The molecule has 37 heavy (non-hydrogen) atoms. The number of nitrogens with two attached hydrogens (primary N) is 1. The number of nitrogens with zero attached hydrogens (tertiary/aromatic N) is 2. The fourth-order valence-corrected chi connectivity index (χ4v) is 7.09. The van der Waals surface area contributed by atoms with Crippen molar-refractivity contribution >= 4 is 28.9 Å². The Balaban J connectivity index is 2.12. The normalized spacial score (nSPS) is 31.3. The molecule has 1 fully saturated rings. The van der Waals surface area contributed by atoms with Crippen LogP contribution >= 0.6 is 0 Å². The van der Waals surface area contributed by atoms with E-state index in [9.17, 15) is 34.8 Å². The Labute approximate surface area is 215 Å². The minimum absolute atomic E-state index is 0.00504. The van der Waals surface area contributed by atoms with Crippen LogP contribution < -0.4 is 10.6 Å². The third kappa shape index (κ3) is 3.15. The van der Waals surface area contributed by atoms with Crippen LogP contribution in [-0.4, -0.2) is 82.6 Å². The number of carbonyl (C=O) groups excluding carboxylic acids is 3. The molecule has 200 valence electrons. The lowest BCUT2D eigenvalue weighted by molar-refractivity contribution is -0.175. The number of rotatable bonds is 4. The van der Waals surface area contributed by atoms with E-state index in [1.807, 2.05) is 32.0 Å². The monoisotopic (exact) mass is 513 g/mol. The third-order valence-corrected chi connectivity index (χ3v) is 8.55. The molecule has 0 bridgehead atoms. The molecule has 3 aliphatic carbocycles. The summed E-state index contributed by atoms with van der Waals surface area (Å²) in [7, 11) is 6.84. The Morgan fingerprint density at radius 3 is 2.22 bits per heavy atom. The van der Waals surface area contributed by atoms with E-state index >= 15 is 0 Å². The van der Waals surface area contributed by atoms with Gasteiger partial charge in [-0.25, -0.2) is 0 Å². The van der Waals surface area contributed by atoms with Crippen LogP contribution in [0.1, 0.15) is 43.9 Å². The number of primary amides is 1. The number of amides is 1. The van der Waals surface area contributed by atoms with E-state index in [-0.39, 0.29) is 29.7 Å². The molecule has 3 aliphatic rings. The van der Waals surface area contributed by atoms with Crippen LogP contribution in [0.25, 0.3) is 5.76 Å². The number of aromatic hydroxyl groups is 1. The first-order valence-corrected chi connectivity index (χ1v) is 12.2. The zero-order chi connectivity index (χ0) is 28.0. The van der Waals surface area contributed by atoms with E-state index in [1.165, 1.54) is 11.8 Å². The molecule has 1 aromatic rings. The molecule has 0 radical (unpaired) electrons. The van der Waals surface area contributed by atoms with E-state index in [4.69, 9.17) is 5.73 Å². The number of fused-ring (bicyclic) bond motifs is 3. The summed E-state index contributed by atoms with van der Waals surface area (Å²) in [6.45, 7) is 5.14. The first-order chi connectivity index (χ1) is 17.0. The maximum atomic E-state index is 14.2. The molecule has 1 aromatic carbocycles. The summed E-state index contributed by atoms with van der Waals surface area (Å²) in [5.41, 5.74) is 1.07. The molecule has 10 nitrogen and oxygen atoms in total. The Hall–Kier alpha value is -3.37. The molecule has 4 rings (SSSR count). The van der Waals surface area contributed by atoms with Crippen molar-refractivity contribution < 1.29 is 34.8 Å². The Bertz CT molecular complexity index is 1330. The van der Waals surface area contributed by atoms with Gasteiger partial charge < -0.3 is 31.1 Å². The molecule has 1 amide bonds. The van der Waals surface area contributed by atoms with Crippen LogP contribution in [-0.2, 0) is 27.2 Å². The number of anilines is 1. The molecule has 6 N–H and O–H groups in total. The minimum atomic E-state index is -2.72. The molecule has 1 saturated carbocycles. The van der Waals surface area contributed by atoms with E-state index in [0.29, 0.717) is 17.5 Å². The number of Topliss-reactive ketones (excluding diaryl/α,β-unsaturated/α-hetero) is 2. The summed E-state index contributed by atoms with van der Waals surface area (Å²) in [5.74, 6) is -4.85. The number of phenolic OH excluding ortho intramolecular Hbond substituents is 1. The van der Waals surface area contributed by atoms with Crippen molar-refractivity contribution in [3.63, 3.8) is 0 Å². The number of aliphatic hydroxyl groups excluding tert-OH is 2. The highest BCUT2D eigenvalue weighted by molar-refractivity contribution is 6.25. The zero-order valence-corrected chi connectivity index (χ0v) is 22.3. The van der Waals surface area contributed by atoms with Crippen molar-refractivity contribution in [1.29, 1.82) is 0 Å². The van der Waals surface area contributed by atoms with Gasteiger partial charge in [0.15, 0.2) is 11.4 Å². The van der Waals surface area contributed by atoms with E-state index in [0.717, 1.165) is 5.69 Å². The van der Waals surface area contributed by atoms with Crippen molar-refractivity contribution in [1.82, 2.24) is 4.90 Å². The average Bonchev–Trinajstić information content (AvgIpc) is 2.75. The summed E-state index contributed by atoms with van der Waals surface area (Å²) in [6, 6.07) is 0.671. The quantitative estimate of drug-likeness (QED) is 0.374. The molecule has 10 heteroatoms. The van der Waals surface area contributed by atoms with E-state index < -0.39 is 57.0 Å². The first-order valence-electron chi connectivity index (χ1n) is 12.2. The summed E-state index contributed by atoms with van der Waals surface area (Å²) in [4.78, 5) is 43.2. The summed E-state index contributed by atoms with van der Waals surface area (Å²) >= 11 is 0. The van der Waals surface area contributed by atoms with Gasteiger partial charge >= 0.3 is 0 Å². The van der Waals surface area contributed by atoms with Crippen LogP contribution in [0.3, 0.4) is 0 Å². The molecule has 0 unspecified atom stereocenters. The maximum absolute atomic E-state index is 14.2. The van der Waals surface area contributed by atoms with Crippen LogP contribution in [0.2, 0.25) is 0 Å². The molecule has 0 heterocycles. The van der Waals surface area contributed by atoms with Crippen molar-refractivity contribution in [2.45, 2.75) is 51.7 Å². The maximum Gasteiger partial charge on any atom is 0.255 e. The number of ketones is 2. The van der Waals surface area contributed by atoms with Gasteiger partial charge in [-0.1, -0.05) is 20.8 Å². The number of likely N-dealkylation sites (N-methyl/N-ethyl adjacent to an activating group) is 1. The fraction of sp³-hybridized carbons (Fsp3) is 0.519. The Morgan fingerprint density at radius 2 is 1.73 bits per heavy atom. The van der Waals surface area contributed by atoms with Crippen LogP contribution in [0.15, 0.2) is 23.0 Å².